The minimum absolute atomic E-state index is 0.0420. The Labute approximate surface area is 226 Å². The van der Waals surface area contributed by atoms with Crippen LogP contribution in [-0.2, 0) is 23.1 Å². The van der Waals surface area contributed by atoms with E-state index in [1.807, 2.05) is 0 Å². The molecule has 1 unspecified atom stereocenters. The molecule has 40 heavy (non-hydrogen) atoms. The van der Waals surface area contributed by atoms with Gasteiger partial charge in [-0.05, 0) is 6.07 Å². The summed E-state index contributed by atoms with van der Waals surface area (Å²) < 4.78 is 37.5. The zero-order valence-corrected chi connectivity index (χ0v) is 22.0. The molecule has 7 atom stereocenters. The lowest BCUT2D eigenvalue weighted by atomic mass is 10.2. The number of rotatable bonds is 11. The van der Waals surface area contributed by atoms with Gasteiger partial charge >= 0.3 is 13.5 Å². The van der Waals surface area contributed by atoms with Gasteiger partial charge in [0.15, 0.2) is 11.5 Å². The lowest BCUT2D eigenvalue weighted by molar-refractivity contribution is -0.0564. The maximum atomic E-state index is 12.8. The number of fused-ring (bicyclic) bond motifs is 1. The summed E-state index contributed by atoms with van der Waals surface area (Å²) in [4.78, 5) is 39.0. The number of hydrogen-bond donors (Lipinski definition) is 6. The summed E-state index contributed by atoms with van der Waals surface area (Å²) in [7, 11) is -4.71. The van der Waals surface area contributed by atoms with Crippen LogP contribution in [0.3, 0.4) is 0 Å². The van der Waals surface area contributed by atoms with Gasteiger partial charge in [0.05, 0.1) is 25.6 Å². The molecule has 3 aromatic rings. The van der Waals surface area contributed by atoms with Crippen molar-refractivity contribution in [2.45, 2.75) is 49.7 Å². The molecule has 19 heteroatoms. The first-order chi connectivity index (χ1) is 19.2. The Balaban J connectivity index is 1.19. The van der Waals surface area contributed by atoms with E-state index in [0.717, 1.165) is 0 Å². The number of hydrogen-bond acceptors (Lipinski definition) is 15. The van der Waals surface area contributed by atoms with Gasteiger partial charge in [-0.15, -0.1) is 0 Å². The van der Waals surface area contributed by atoms with Gasteiger partial charge in [-0.1, -0.05) is 0 Å². The maximum absolute atomic E-state index is 12.8. The second-order valence-electron chi connectivity index (χ2n) is 9.19. The lowest BCUT2D eigenvalue weighted by Gasteiger charge is -2.21. The Kier molecular flexibility index (Phi) is 8.41. The number of imidazole rings is 1. The van der Waals surface area contributed by atoms with Crippen LogP contribution in [-0.4, -0.2) is 94.9 Å². The minimum Gasteiger partial charge on any atom is -0.394 e. The number of ether oxygens (including phenoxy) is 2. The molecule has 2 fully saturated rings. The first-order valence-electron chi connectivity index (χ1n) is 12.4. The number of anilines is 2. The third-order valence-electron chi connectivity index (χ3n) is 6.52. The Bertz CT molecular complexity index is 1440. The van der Waals surface area contributed by atoms with E-state index in [-0.39, 0.29) is 18.7 Å². The van der Waals surface area contributed by atoms with Crippen LogP contribution in [0.2, 0.25) is 0 Å². The summed E-state index contributed by atoms with van der Waals surface area (Å²) in [5, 5.41) is 23.1. The highest BCUT2D eigenvalue weighted by Crippen LogP contribution is 2.49. The molecular weight excluding hydrogens is 553 g/mol. The minimum atomic E-state index is -4.71. The third kappa shape index (κ3) is 5.99. The average Bonchev–Trinajstić information content (AvgIpc) is 3.63. The number of phosphoric ester groups is 1. The second-order valence-corrected chi connectivity index (χ2v) is 10.6. The SMILES string of the molecule is NCCNc1ccn([C@H]2C[C@H](OP(=O)(O)OC[C@H]3O[C@@H](n4cnc5c(N)ncnc54)C[C@@H]3O)[C@@H](CO)O2)c(=O)n1. The summed E-state index contributed by atoms with van der Waals surface area (Å²) in [6.45, 7) is -0.232. The van der Waals surface area contributed by atoms with Crippen molar-refractivity contribution in [3.8, 4) is 0 Å². The van der Waals surface area contributed by atoms with Crippen LogP contribution in [0.15, 0.2) is 29.7 Å². The van der Waals surface area contributed by atoms with Gasteiger partial charge in [0.25, 0.3) is 0 Å². The van der Waals surface area contributed by atoms with Crippen molar-refractivity contribution in [1.29, 1.82) is 0 Å². The number of nitrogens with zero attached hydrogens (tertiary/aromatic N) is 6. The first-order valence-corrected chi connectivity index (χ1v) is 13.9. The second kappa shape index (κ2) is 11.8. The van der Waals surface area contributed by atoms with Gasteiger partial charge in [0, 0.05) is 32.1 Å². The normalized spacial score (nSPS) is 28.2. The van der Waals surface area contributed by atoms with Crippen molar-refractivity contribution in [2.24, 2.45) is 5.73 Å². The molecule has 218 valence electrons. The number of aromatic nitrogens is 6. The van der Waals surface area contributed by atoms with E-state index >= 15 is 0 Å². The maximum Gasteiger partial charge on any atom is 0.472 e. The molecule has 2 aliphatic rings. The molecule has 2 saturated heterocycles. The quantitative estimate of drug-likeness (QED) is 0.140. The fraction of sp³-hybridized carbons (Fsp3) is 0.571. The molecule has 5 rings (SSSR count). The monoisotopic (exact) mass is 583 g/mol. The molecule has 18 nitrogen and oxygen atoms in total. The van der Waals surface area contributed by atoms with Crippen molar-refractivity contribution in [2.75, 3.05) is 37.4 Å². The Morgan fingerprint density at radius 2 is 1.95 bits per heavy atom. The molecular formula is C21H30N9O9P. The van der Waals surface area contributed by atoms with E-state index in [0.29, 0.717) is 30.1 Å². The molecule has 0 radical (unpaired) electrons. The number of aliphatic hydroxyl groups is 2. The smallest absolute Gasteiger partial charge is 0.394 e. The van der Waals surface area contributed by atoms with Crippen LogP contribution < -0.4 is 22.5 Å². The van der Waals surface area contributed by atoms with Gasteiger partial charge in [-0.3, -0.25) is 18.2 Å². The highest BCUT2D eigenvalue weighted by Gasteiger charge is 2.43. The Morgan fingerprint density at radius 1 is 1.18 bits per heavy atom. The number of nitrogen functional groups attached to an aromatic ring is 1. The molecule has 0 saturated carbocycles. The zero-order chi connectivity index (χ0) is 28.4. The van der Waals surface area contributed by atoms with Crippen molar-refractivity contribution in [3.05, 3.63) is 35.4 Å². The Hall–Kier alpha value is -3.06. The first kappa shape index (κ1) is 28.5. The molecule has 0 aliphatic carbocycles. The molecule has 5 heterocycles. The number of nitrogens with two attached hydrogens (primary N) is 2. The van der Waals surface area contributed by atoms with Gasteiger partial charge in [0.2, 0.25) is 0 Å². The van der Waals surface area contributed by atoms with Crippen molar-refractivity contribution in [3.63, 3.8) is 0 Å². The van der Waals surface area contributed by atoms with Gasteiger partial charge < -0.3 is 41.4 Å². The van der Waals surface area contributed by atoms with Gasteiger partial charge in [0.1, 0.15) is 48.4 Å². The van der Waals surface area contributed by atoms with Crippen molar-refractivity contribution in [1.82, 2.24) is 29.1 Å². The predicted molar refractivity (Wildman–Crippen MR) is 137 cm³/mol. The van der Waals surface area contributed by atoms with E-state index in [9.17, 15) is 24.5 Å². The molecule has 3 aromatic heterocycles. The van der Waals surface area contributed by atoms with E-state index in [1.165, 1.54) is 23.4 Å². The summed E-state index contributed by atoms with van der Waals surface area (Å²) in [5.41, 5.74) is 11.4. The van der Waals surface area contributed by atoms with Gasteiger partial charge in [-0.25, -0.2) is 24.3 Å². The van der Waals surface area contributed by atoms with Crippen LogP contribution in [0, 0.1) is 0 Å². The van der Waals surface area contributed by atoms with Crippen molar-refractivity contribution < 1.29 is 38.2 Å². The topological polar surface area (TPSA) is 257 Å². The van der Waals surface area contributed by atoms with Crippen molar-refractivity contribution >= 4 is 30.6 Å². The largest absolute Gasteiger partial charge is 0.472 e. The summed E-state index contributed by atoms with van der Waals surface area (Å²) in [6, 6.07) is 1.55. The molecule has 0 bridgehead atoms. The highest BCUT2D eigenvalue weighted by molar-refractivity contribution is 7.47. The predicted octanol–water partition coefficient (Wildman–Crippen LogP) is -1.53. The number of phosphoric acid groups is 1. The molecule has 0 spiro atoms. The fourth-order valence-corrected chi connectivity index (χ4v) is 5.52. The van der Waals surface area contributed by atoms with E-state index in [1.54, 1.807) is 10.6 Å². The van der Waals surface area contributed by atoms with E-state index in [2.05, 4.69) is 25.3 Å². The number of aliphatic hydroxyl groups excluding tert-OH is 2. The summed E-state index contributed by atoms with van der Waals surface area (Å²) >= 11 is 0. The van der Waals surface area contributed by atoms with Crippen LogP contribution in [0.4, 0.5) is 11.6 Å². The summed E-state index contributed by atoms with van der Waals surface area (Å²) in [5.74, 6) is 0.527. The van der Waals surface area contributed by atoms with E-state index in [4.69, 9.17) is 30.0 Å². The van der Waals surface area contributed by atoms with Crippen LogP contribution in [0.1, 0.15) is 25.3 Å². The third-order valence-corrected chi connectivity index (χ3v) is 7.54. The molecule has 0 aromatic carbocycles. The zero-order valence-electron chi connectivity index (χ0n) is 21.1. The summed E-state index contributed by atoms with van der Waals surface area (Å²) in [6.07, 6.45) is -1.43. The number of nitrogens with one attached hydrogen (secondary N) is 1. The highest BCUT2D eigenvalue weighted by atomic mass is 31.2. The van der Waals surface area contributed by atoms with Crippen LogP contribution in [0.25, 0.3) is 11.2 Å². The molecule has 2 aliphatic heterocycles. The molecule has 8 N–H and O–H groups in total. The van der Waals surface area contributed by atoms with Crippen LogP contribution in [0.5, 0.6) is 0 Å². The van der Waals surface area contributed by atoms with E-state index < -0.39 is 63.6 Å². The standard InChI is InChI=1S/C21H30N9O9P/c22-2-3-24-15-1-4-29(21(33)28-15)17-6-12(13(7-31)37-17)39-40(34,35)36-8-14-11(32)5-16(38-14)30-10-27-18-19(23)25-9-26-20(18)30/h1,4,9-14,16-17,31-32H,2-3,5-8,22H2,(H,34,35)(H2,23,25,26)(H,24,28,33)/t11-,12-,13+,14+,16+,17+/m0/s1. The fourth-order valence-electron chi connectivity index (χ4n) is 4.56. The average molecular weight is 583 g/mol. The molecule has 0 amide bonds. The Morgan fingerprint density at radius 3 is 2.70 bits per heavy atom. The lowest BCUT2D eigenvalue weighted by Crippen LogP contribution is -2.29. The van der Waals surface area contributed by atoms with Gasteiger partial charge in [-0.2, -0.15) is 4.98 Å². The van der Waals surface area contributed by atoms with Crippen LogP contribution >= 0.6 is 7.82 Å².